The number of imidazole rings is 1. The number of anilines is 1. The van der Waals surface area contributed by atoms with Crippen LogP contribution >= 0.6 is 0 Å². The maximum atomic E-state index is 10.8. The molecule has 0 aliphatic carbocycles. The highest BCUT2D eigenvalue weighted by atomic mass is 16.6. The van der Waals surface area contributed by atoms with Gasteiger partial charge in [0.15, 0.2) is 0 Å². The molecule has 106 valence electrons. The molecule has 21 heavy (non-hydrogen) atoms. The van der Waals surface area contributed by atoms with E-state index in [1.807, 2.05) is 35.9 Å². The Labute approximate surface area is 121 Å². The fraction of sp³-hybridized carbons (Fsp3) is 0.133. The van der Waals surface area contributed by atoms with Gasteiger partial charge in [0.2, 0.25) is 0 Å². The standard InChI is InChI=1S/C15H14N4O2/c1-18-14-8-3-2-7-13(14)17-15(18)10-16-11-5-4-6-12(9-11)19(20)21/h2-9,16H,10H2,1H3. The Morgan fingerprint density at radius 2 is 2.05 bits per heavy atom. The SMILES string of the molecule is Cn1c(CNc2cccc([N+](=O)[O-])c2)nc2ccccc21. The van der Waals surface area contributed by atoms with Gasteiger partial charge in [-0.25, -0.2) is 4.98 Å². The Morgan fingerprint density at radius 3 is 2.81 bits per heavy atom. The number of nitro benzene ring substituents is 1. The van der Waals surface area contributed by atoms with Crippen LogP contribution in [-0.2, 0) is 13.6 Å². The van der Waals surface area contributed by atoms with Gasteiger partial charge >= 0.3 is 0 Å². The van der Waals surface area contributed by atoms with Crippen LogP contribution in [0, 0.1) is 10.1 Å². The number of aromatic nitrogens is 2. The first-order chi connectivity index (χ1) is 10.1. The van der Waals surface area contributed by atoms with Crippen molar-refractivity contribution in [3.63, 3.8) is 0 Å². The predicted octanol–water partition coefficient (Wildman–Crippen LogP) is 3.09. The van der Waals surface area contributed by atoms with Gasteiger partial charge in [-0.05, 0) is 18.2 Å². The molecule has 0 saturated heterocycles. The number of para-hydroxylation sites is 2. The number of benzene rings is 2. The quantitative estimate of drug-likeness (QED) is 0.589. The lowest BCUT2D eigenvalue weighted by molar-refractivity contribution is -0.384. The molecule has 0 bridgehead atoms. The van der Waals surface area contributed by atoms with Gasteiger partial charge in [-0.15, -0.1) is 0 Å². The van der Waals surface area contributed by atoms with Crippen molar-refractivity contribution in [1.82, 2.24) is 9.55 Å². The number of nitro groups is 1. The number of rotatable bonds is 4. The third-order valence-corrected chi connectivity index (χ3v) is 3.39. The number of hydrogen-bond donors (Lipinski definition) is 1. The predicted molar refractivity (Wildman–Crippen MR) is 81.1 cm³/mol. The largest absolute Gasteiger partial charge is 0.378 e. The van der Waals surface area contributed by atoms with E-state index in [9.17, 15) is 10.1 Å². The zero-order chi connectivity index (χ0) is 14.8. The summed E-state index contributed by atoms with van der Waals surface area (Å²) in [5, 5.41) is 13.9. The Hall–Kier alpha value is -2.89. The van der Waals surface area contributed by atoms with Gasteiger partial charge in [0.05, 0.1) is 22.5 Å². The van der Waals surface area contributed by atoms with Gasteiger partial charge in [-0.2, -0.15) is 0 Å². The molecule has 6 nitrogen and oxygen atoms in total. The summed E-state index contributed by atoms with van der Waals surface area (Å²) in [6.45, 7) is 0.506. The molecule has 0 unspecified atom stereocenters. The van der Waals surface area contributed by atoms with E-state index in [1.165, 1.54) is 12.1 Å². The second-order valence-corrected chi connectivity index (χ2v) is 4.74. The molecule has 6 heteroatoms. The molecule has 3 aromatic rings. The van der Waals surface area contributed by atoms with Crippen molar-refractivity contribution >= 4 is 22.4 Å². The van der Waals surface area contributed by atoms with Crippen molar-refractivity contribution in [1.29, 1.82) is 0 Å². The lowest BCUT2D eigenvalue weighted by Gasteiger charge is -2.06. The second-order valence-electron chi connectivity index (χ2n) is 4.74. The number of aryl methyl sites for hydroxylation is 1. The smallest absolute Gasteiger partial charge is 0.271 e. The topological polar surface area (TPSA) is 73.0 Å². The summed E-state index contributed by atoms with van der Waals surface area (Å²) in [4.78, 5) is 14.9. The maximum Gasteiger partial charge on any atom is 0.271 e. The number of nitrogens with zero attached hydrogens (tertiary/aromatic N) is 3. The zero-order valence-electron chi connectivity index (χ0n) is 11.5. The van der Waals surface area contributed by atoms with Crippen LogP contribution in [0.4, 0.5) is 11.4 Å². The van der Waals surface area contributed by atoms with Crippen molar-refractivity contribution < 1.29 is 4.92 Å². The van der Waals surface area contributed by atoms with Gasteiger partial charge in [0, 0.05) is 24.9 Å². The molecule has 1 N–H and O–H groups in total. The normalized spacial score (nSPS) is 10.7. The first-order valence-corrected chi connectivity index (χ1v) is 6.54. The fourth-order valence-electron chi connectivity index (χ4n) is 2.26. The van der Waals surface area contributed by atoms with Crippen LogP contribution in [0.25, 0.3) is 11.0 Å². The van der Waals surface area contributed by atoms with Crippen molar-refractivity contribution in [2.75, 3.05) is 5.32 Å². The molecule has 0 aliphatic rings. The van der Waals surface area contributed by atoms with E-state index in [4.69, 9.17) is 0 Å². The minimum absolute atomic E-state index is 0.0741. The molecule has 0 radical (unpaired) electrons. The molecule has 0 atom stereocenters. The molecule has 1 heterocycles. The van der Waals surface area contributed by atoms with E-state index < -0.39 is 4.92 Å². The first-order valence-electron chi connectivity index (χ1n) is 6.54. The van der Waals surface area contributed by atoms with E-state index in [0.29, 0.717) is 12.2 Å². The van der Waals surface area contributed by atoms with E-state index in [-0.39, 0.29) is 5.69 Å². The highest BCUT2D eigenvalue weighted by Gasteiger charge is 2.08. The summed E-state index contributed by atoms with van der Waals surface area (Å²) in [6, 6.07) is 14.4. The van der Waals surface area contributed by atoms with Crippen LogP contribution in [0.15, 0.2) is 48.5 Å². The van der Waals surface area contributed by atoms with Crippen LogP contribution in [0.1, 0.15) is 5.82 Å². The molecule has 3 rings (SSSR count). The fourth-order valence-corrected chi connectivity index (χ4v) is 2.26. The molecule has 0 saturated carbocycles. The average Bonchev–Trinajstić information content (AvgIpc) is 2.82. The highest BCUT2D eigenvalue weighted by molar-refractivity contribution is 5.75. The molecule has 0 fully saturated rings. The Balaban J connectivity index is 1.82. The molecular formula is C15H14N4O2. The third kappa shape index (κ3) is 2.55. The lowest BCUT2D eigenvalue weighted by Crippen LogP contribution is -2.06. The van der Waals surface area contributed by atoms with Gasteiger partial charge in [0.1, 0.15) is 5.82 Å². The minimum Gasteiger partial charge on any atom is -0.378 e. The monoisotopic (exact) mass is 282 g/mol. The van der Waals surface area contributed by atoms with Gasteiger partial charge in [0.25, 0.3) is 5.69 Å². The summed E-state index contributed by atoms with van der Waals surface area (Å²) < 4.78 is 2.01. The second kappa shape index (κ2) is 5.24. The Kier molecular flexibility index (Phi) is 3.27. The van der Waals surface area contributed by atoms with Crippen LogP contribution < -0.4 is 5.32 Å². The Morgan fingerprint density at radius 1 is 1.24 bits per heavy atom. The summed E-state index contributed by atoms with van der Waals surface area (Å²) in [6.07, 6.45) is 0. The number of nitrogens with one attached hydrogen (secondary N) is 1. The van der Waals surface area contributed by atoms with E-state index >= 15 is 0 Å². The molecule has 2 aromatic carbocycles. The average molecular weight is 282 g/mol. The van der Waals surface area contributed by atoms with Crippen LogP contribution in [0.3, 0.4) is 0 Å². The molecule has 1 aromatic heterocycles. The number of non-ortho nitro benzene ring substituents is 1. The van der Waals surface area contributed by atoms with Crippen LogP contribution in [0.2, 0.25) is 0 Å². The maximum absolute atomic E-state index is 10.8. The van der Waals surface area contributed by atoms with Crippen molar-refractivity contribution in [3.8, 4) is 0 Å². The summed E-state index contributed by atoms with van der Waals surface area (Å²) >= 11 is 0. The van der Waals surface area contributed by atoms with Gasteiger partial charge in [-0.3, -0.25) is 10.1 Å². The molecule has 0 spiro atoms. The van der Waals surface area contributed by atoms with Crippen LogP contribution in [0.5, 0.6) is 0 Å². The molecular weight excluding hydrogens is 268 g/mol. The number of hydrogen-bond acceptors (Lipinski definition) is 4. The first kappa shape index (κ1) is 13.1. The Bertz CT molecular complexity index is 810. The summed E-state index contributed by atoms with van der Waals surface area (Å²) in [7, 11) is 1.96. The summed E-state index contributed by atoms with van der Waals surface area (Å²) in [5.41, 5.74) is 2.78. The molecule has 0 amide bonds. The van der Waals surface area contributed by atoms with Gasteiger partial charge in [-0.1, -0.05) is 18.2 Å². The zero-order valence-corrected chi connectivity index (χ0v) is 11.5. The number of fused-ring (bicyclic) bond motifs is 1. The van der Waals surface area contributed by atoms with Crippen molar-refractivity contribution in [3.05, 3.63) is 64.5 Å². The van der Waals surface area contributed by atoms with Gasteiger partial charge < -0.3 is 9.88 Å². The highest BCUT2D eigenvalue weighted by Crippen LogP contribution is 2.19. The van der Waals surface area contributed by atoms with Crippen LogP contribution in [-0.4, -0.2) is 14.5 Å². The lowest BCUT2D eigenvalue weighted by atomic mass is 10.3. The van der Waals surface area contributed by atoms with E-state index in [0.717, 1.165) is 16.9 Å². The van der Waals surface area contributed by atoms with Crippen molar-refractivity contribution in [2.45, 2.75) is 6.54 Å². The minimum atomic E-state index is -0.403. The van der Waals surface area contributed by atoms with E-state index in [2.05, 4.69) is 10.3 Å². The molecule has 0 aliphatic heterocycles. The third-order valence-electron chi connectivity index (χ3n) is 3.39. The summed E-state index contributed by atoms with van der Waals surface area (Å²) in [5.74, 6) is 0.878. The van der Waals surface area contributed by atoms with E-state index in [1.54, 1.807) is 12.1 Å². The van der Waals surface area contributed by atoms with Crippen molar-refractivity contribution in [2.24, 2.45) is 7.05 Å².